The monoisotopic (exact) mass is 169 g/mol. The molecule has 0 atom stereocenters. The van der Waals surface area contributed by atoms with Crippen molar-refractivity contribution in [3.8, 4) is 0 Å². The quantitative estimate of drug-likeness (QED) is 0.686. The Hall–Kier alpha value is -1.32. The highest BCUT2D eigenvalue weighted by Gasteiger charge is 2.47. The highest BCUT2D eigenvalue weighted by Crippen LogP contribution is 2.49. The lowest BCUT2D eigenvalue weighted by Crippen LogP contribution is -2.07. The standard InChI is InChI=1S/C8H8FNO2/c9-8(1-2-8)6-3-5(10)4-7(11)12-6/h3-4H,1-2,10H2. The first-order valence-corrected chi connectivity index (χ1v) is 3.70. The molecule has 0 aliphatic heterocycles. The van der Waals surface area contributed by atoms with Crippen LogP contribution >= 0.6 is 0 Å². The molecule has 2 rings (SSSR count). The molecule has 12 heavy (non-hydrogen) atoms. The summed E-state index contributed by atoms with van der Waals surface area (Å²) in [6.45, 7) is 0. The molecule has 4 heteroatoms. The van der Waals surface area contributed by atoms with Gasteiger partial charge in [0.15, 0.2) is 5.67 Å². The van der Waals surface area contributed by atoms with E-state index >= 15 is 0 Å². The minimum atomic E-state index is -1.42. The predicted octanol–water partition coefficient (Wildman–Crippen LogP) is 1.18. The van der Waals surface area contributed by atoms with Gasteiger partial charge in [0.25, 0.3) is 0 Å². The lowest BCUT2D eigenvalue weighted by atomic mass is 10.2. The van der Waals surface area contributed by atoms with Gasteiger partial charge in [-0.05, 0) is 12.8 Å². The third-order valence-electron chi connectivity index (χ3n) is 1.92. The SMILES string of the molecule is Nc1cc(C2(F)CC2)oc(=O)c1. The normalized spacial score (nSPS) is 19.1. The predicted molar refractivity (Wildman–Crippen MR) is 41.4 cm³/mol. The minimum absolute atomic E-state index is 0.0625. The molecule has 1 saturated carbocycles. The fourth-order valence-corrected chi connectivity index (χ4v) is 1.07. The van der Waals surface area contributed by atoms with Gasteiger partial charge in [-0.25, -0.2) is 9.18 Å². The van der Waals surface area contributed by atoms with Gasteiger partial charge in [0.1, 0.15) is 5.76 Å². The second kappa shape index (κ2) is 2.09. The molecule has 1 aromatic heterocycles. The molecule has 1 aliphatic rings. The zero-order chi connectivity index (χ0) is 8.77. The van der Waals surface area contributed by atoms with E-state index in [1.807, 2.05) is 0 Å². The van der Waals surface area contributed by atoms with Crippen molar-refractivity contribution >= 4 is 5.69 Å². The Kier molecular flexibility index (Phi) is 1.28. The van der Waals surface area contributed by atoms with Crippen LogP contribution in [0, 0.1) is 0 Å². The van der Waals surface area contributed by atoms with Crippen LogP contribution in [0.15, 0.2) is 21.3 Å². The van der Waals surface area contributed by atoms with Crippen LogP contribution in [0.3, 0.4) is 0 Å². The Bertz CT molecular complexity index is 368. The Balaban J connectivity index is 2.51. The van der Waals surface area contributed by atoms with E-state index in [4.69, 9.17) is 5.73 Å². The summed E-state index contributed by atoms with van der Waals surface area (Å²) in [6.07, 6.45) is 0.832. The van der Waals surface area contributed by atoms with Gasteiger partial charge in [0, 0.05) is 17.8 Å². The van der Waals surface area contributed by atoms with Gasteiger partial charge in [0.2, 0.25) is 0 Å². The second-order valence-electron chi connectivity index (χ2n) is 3.04. The number of alkyl halides is 1. The molecular weight excluding hydrogens is 161 g/mol. The first-order chi connectivity index (χ1) is 5.60. The van der Waals surface area contributed by atoms with Gasteiger partial charge in [0.05, 0.1) is 0 Å². The van der Waals surface area contributed by atoms with Gasteiger partial charge >= 0.3 is 5.63 Å². The molecule has 0 radical (unpaired) electrons. The molecule has 1 aliphatic carbocycles. The third-order valence-corrected chi connectivity index (χ3v) is 1.92. The zero-order valence-electron chi connectivity index (χ0n) is 6.34. The van der Waals surface area contributed by atoms with Crippen LogP contribution in [0.5, 0.6) is 0 Å². The molecule has 0 bridgehead atoms. The van der Waals surface area contributed by atoms with Crippen LogP contribution in [0.2, 0.25) is 0 Å². The summed E-state index contributed by atoms with van der Waals surface area (Å²) in [6, 6.07) is 2.50. The van der Waals surface area contributed by atoms with E-state index < -0.39 is 11.3 Å². The summed E-state index contributed by atoms with van der Waals surface area (Å²) in [7, 11) is 0. The molecule has 3 nitrogen and oxygen atoms in total. The van der Waals surface area contributed by atoms with Crippen molar-refractivity contribution in [1.82, 2.24) is 0 Å². The minimum Gasteiger partial charge on any atom is -0.424 e. The van der Waals surface area contributed by atoms with Crippen LogP contribution in [0.1, 0.15) is 18.6 Å². The van der Waals surface area contributed by atoms with Crippen molar-refractivity contribution < 1.29 is 8.81 Å². The molecule has 0 aromatic carbocycles. The molecule has 0 spiro atoms. The van der Waals surface area contributed by atoms with E-state index in [9.17, 15) is 9.18 Å². The Labute approximate surface area is 68.0 Å². The number of nitrogens with two attached hydrogens (primary N) is 1. The van der Waals surface area contributed by atoms with Gasteiger partial charge in [-0.3, -0.25) is 0 Å². The molecular formula is C8H8FNO2. The van der Waals surface area contributed by atoms with Crippen molar-refractivity contribution in [1.29, 1.82) is 0 Å². The van der Waals surface area contributed by atoms with E-state index in [2.05, 4.69) is 4.42 Å². The van der Waals surface area contributed by atoms with Crippen LogP contribution in [0.4, 0.5) is 10.1 Å². The largest absolute Gasteiger partial charge is 0.424 e. The van der Waals surface area contributed by atoms with E-state index in [1.54, 1.807) is 0 Å². The number of halogens is 1. The fraction of sp³-hybridized carbons (Fsp3) is 0.375. The fourth-order valence-electron chi connectivity index (χ4n) is 1.07. The molecule has 1 fully saturated rings. The molecule has 0 saturated heterocycles. The molecule has 1 aromatic rings. The molecule has 2 N–H and O–H groups in total. The molecule has 0 amide bonds. The Morgan fingerprint density at radius 1 is 1.50 bits per heavy atom. The summed E-state index contributed by atoms with van der Waals surface area (Å²) < 4.78 is 18.0. The number of hydrogen-bond acceptors (Lipinski definition) is 3. The maximum atomic E-state index is 13.3. The first-order valence-electron chi connectivity index (χ1n) is 3.70. The summed E-state index contributed by atoms with van der Waals surface area (Å²) in [4.78, 5) is 10.8. The van der Waals surface area contributed by atoms with Crippen molar-refractivity contribution in [2.75, 3.05) is 5.73 Å². The average Bonchev–Trinajstić information content (AvgIpc) is 2.67. The van der Waals surface area contributed by atoms with E-state index in [0.29, 0.717) is 12.8 Å². The van der Waals surface area contributed by atoms with Crippen molar-refractivity contribution in [3.05, 3.63) is 28.3 Å². The molecule has 0 unspecified atom stereocenters. The summed E-state index contributed by atoms with van der Waals surface area (Å²) in [5, 5.41) is 0. The van der Waals surface area contributed by atoms with Crippen molar-refractivity contribution in [2.45, 2.75) is 18.5 Å². The van der Waals surface area contributed by atoms with Gasteiger partial charge in [-0.1, -0.05) is 0 Å². The summed E-state index contributed by atoms with van der Waals surface area (Å²) in [5.41, 5.74) is 3.60. The third kappa shape index (κ3) is 1.09. The number of hydrogen-bond donors (Lipinski definition) is 1. The Morgan fingerprint density at radius 2 is 2.17 bits per heavy atom. The van der Waals surface area contributed by atoms with Crippen LogP contribution in [-0.2, 0) is 5.67 Å². The Morgan fingerprint density at radius 3 is 2.67 bits per heavy atom. The van der Waals surface area contributed by atoms with Crippen LogP contribution < -0.4 is 11.4 Å². The smallest absolute Gasteiger partial charge is 0.338 e. The lowest BCUT2D eigenvalue weighted by molar-refractivity contribution is 0.250. The van der Waals surface area contributed by atoms with Gasteiger partial charge < -0.3 is 10.2 Å². The second-order valence-corrected chi connectivity index (χ2v) is 3.04. The van der Waals surface area contributed by atoms with Crippen LogP contribution in [0.25, 0.3) is 0 Å². The number of anilines is 1. The van der Waals surface area contributed by atoms with E-state index in [-0.39, 0.29) is 11.4 Å². The molecule has 1 heterocycles. The number of rotatable bonds is 1. The maximum absolute atomic E-state index is 13.3. The highest BCUT2D eigenvalue weighted by atomic mass is 19.1. The van der Waals surface area contributed by atoms with Crippen LogP contribution in [-0.4, -0.2) is 0 Å². The lowest BCUT2D eigenvalue weighted by Gasteiger charge is -2.02. The molecule has 64 valence electrons. The summed E-state index contributed by atoms with van der Waals surface area (Å²) in [5.74, 6) is 0.0625. The highest BCUT2D eigenvalue weighted by molar-refractivity contribution is 5.38. The average molecular weight is 169 g/mol. The maximum Gasteiger partial charge on any atom is 0.338 e. The summed E-state index contributed by atoms with van der Waals surface area (Å²) >= 11 is 0. The number of nitrogen functional groups attached to an aromatic ring is 1. The van der Waals surface area contributed by atoms with E-state index in [1.165, 1.54) is 6.07 Å². The van der Waals surface area contributed by atoms with Crippen molar-refractivity contribution in [3.63, 3.8) is 0 Å². The van der Waals surface area contributed by atoms with Gasteiger partial charge in [-0.15, -0.1) is 0 Å². The topological polar surface area (TPSA) is 56.2 Å². The van der Waals surface area contributed by atoms with E-state index in [0.717, 1.165) is 6.07 Å². The van der Waals surface area contributed by atoms with Crippen molar-refractivity contribution in [2.24, 2.45) is 0 Å². The zero-order valence-corrected chi connectivity index (χ0v) is 6.34. The van der Waals surface area contributed by atoms with Gasteiger partial charge in [-0.2, -0.15) is 0 Å². The first kappa shape index (κ1) is 7.34.